The first-order chi connectivity index (χ1) is 9.00. The van der Waals surface area contributed by atoms with Gasteiger partial charge in [-0.05, 0) is 40.9 Å². The van der Waals surface area contributed by atoms with Crippen LogP contribution in [0.1, 0.15) is 29.6 Å². The van der Waals surface area contributed by atoms with Gasteiger partial charge in [-0.3, -0.25) is 9.59 Å². The van der Waals surface area contributed by atoms with Crippen molar-refractivity contribution >= 4 is 39.4 Å². The second kappa shape index (κ2) is 5.92. The van der Waals surface area contributed by atoms with E-state index in [9.17, 15) is 9.59 Å². The standard InChI is InChI=1S/C13H13BrClNO3/c14-10-5-1-4-9(12(10)15)13(19)16-6-2-3-8(16)7-11(17)18/h1,4-5,8H,2-3,6-7H2,(H,17,18). The normalized spacial score (nSPS) is 18.6. The average molecular weight is 347 g/mol. The zero-order valence-corrected chi connectivity index (χ0v) is 12.4. The van der Waals surface area contributed by atoms with E-state index >= 15 is 0 Å². The van der Waals surface area contributed by atoms with Crippen LogP contribution in [0.2, 0.25) is 5.02 Å². The van der Waals surface area contributed by atoms with Gasteiger partial charge in [0.05, 0.1) is 17.0 Å². The maximum absolute atomic E-state index is 12.4. The van der Waals surface area contributed by atoms with Gasteiger partial charge >= 0.3 is 5.97 Å². The van der Waals surface area contributed by atoms with Gasteiger partial charge < -0.3 is 10.0 Å². The number of hydrogen-bond acceptors (Lipinski definition) is 2. The molecule has 0 aromatic heterocycles. The lowest BCUT2D eigenvalue weighted by atomic mass is 10.1. The van der Waals surface area contributed by atoms with Crippen LogP contribution < -0.4 is 0 Å². The van der Waals surface area contributed by atoms with Gasteiger partial charge in [0.25, 0.3) is 5.91 Å². The highest BCUT2D eigenvalue weighted by Crippen LogP contribution is 2.29. The predicted octanol–water partition coefficient (Wildman–Crippen LogP) is 3.18. The third kappa shape index (κ3) is 3.09. The predicted molar refractivity (Wildman–Crippen MR) is 75.5 cm³/mol. The van der Waals surface area contributed by atoms with Gasteiger partial charge in [0, 0.05) is 17.1 Å². The summed E-state index contributed by atoms with van der Waals surface area (Å²) in [6.45, 7) is 0.583. The van der Waals surface area contributed by atoms with Crippen molar-refractivity contribution in [2.45, 2.75) is 25.3 Å². The third-order valence-electron chi connectivity index (χ3n) is 3.23. The molecule has 1 amide bonds. The molecule has 0 radical (unpaired) electrons. The fraction of sp³-hybridized carbons (Fsp3) is 0.385. The fourth-order valence-corrected chi connectivity index (χ4v) is 2.91. The molecule has 1 fully saturated rings. The molecule has 1 aromatic carbocycles. The maximum atomic E-state index is 12.4. The molecular formula is C13H13BrClNO3. The average Bonchev–Trinajstić information content (AvgIpc) is 2.79. The molecule has 1 aliphatic rings. The van der Waals surface area contributed by atoms with E-state index in [2.05, 4.69) is 15.9 Å². The number of carboxylic acid groups (broad SMARTS) is 1. The molecule has 102 valence electrons. The Morgan fingerprint density at radius 3 is 2.89 bits per heavy atom. The Labute approximate surface area is 124 Å². The molecule has 0 bridgehead atoms. The maximum Gasteiger partial charge on any atom is 0.305 e. The molecule has 1 aliphatic heterocycles. The molecular weight excluding hydrogens is 334 g/mol. The first-order valence-electron chi connectivity index (χ1n) is 5.97. The summed E-state index contributed by atoms with van der Waals surface area (Å²) in [5.74, 6) is -1.08. The van der Waals surface area contributed by atoms with Crippen molar-refractivity contribution < 1.29 is 14.7 Å². The lowest BCUT2D eigenvalue weighted by Gasteiger charge is -2.24. The number of carbonyl (C=O) groups excluding carboxylic acids is 1. The van der Waals surface area contributed by atoms with Crippen LogP contribution >= 0.6 is 27.5 Å². The van der Waals surface area contributed by atoms with E-state index in [1.807, 2.05) is 0 Å². The van der Waals surface area contributed by atoms with Gasteiger partial charge in [-0.25, -0.2) is 0 Å². The smallest absolute Gasteiger partial charge is 0.305 e. The van der Waals surface area contributed by atoms with Crippen LogP contribution in [0, 0.1) is 0 Å². The number of halogens is 2. The van der Waals surface area contributed by atoms with E-state index in [1.54, 1.807) is 23.1 Å². The van der Waals surface area contributed by atoms with Gasteiger partial charge in [-0.15, -0.1) is 0 Å². The van der Waals surface area contributed by atoms with E-state index in [-0.39, 0.29) is 18.4 Å². The van der Waals surface area contributed by atoms with Crippen molar-refractivity contribution in [1.29, 1.82) is 0 Å². The van der Waals surface area contributed by atoms with Crippen LogP contribution in [0.3, 0.4) is 0 Å². The molecule has 19 heavy (non-hydrogen) atoms. The number of aliphatic carboxylic acids is 1. The molecule has 2 rings (SSSR count). The second-order valence-corrected chi connectivity index (χ2v) is 5.73. The third-order valence-corrected chi connectivity index (χ3v) is 4.53. The van der Waals surface area contributed by atoms with Crippen LogP contribution in [0.4, 0.5) is 0 Å². The van der Waals surface area contributed by atoms with Crippen molar-refractivity contribution in [3.05, 3.63) is 33.3 Å². The zero-order chi connectivity index (χ0) is 14.0. The molecule has 1 aromatic rings. The molecule has 0 spiro atoms. The van der Waals surface area contributed by atoms with Crippen molar-refractivity contribution in [1.82, 2.24) is 4.90 Å². The Morgan fingerprint density at radius 1 is 1.47 bits per heavy atom. The highest BCUT2D eigenvalue weighted by Gasteiger charge is 2.31. The second-order valence-electron chi connectivity index (χ2n) is 4.49. The summed E-state index contributed by atoms with van der Waals surface area (Å²) < 4.78 is 0.661. The number of benzene rings is 1. The Kier molecular flexibility index (Phi) is 4.47. The molecule has 4 nitrogen and oxygen atoms in total. The Balaban J connectivity index is 2.23. The van der Waals surface area contributed by atoms with Crippen molar-refractivity contribution in [2.75, 3.05) is 6.54 Å². The molecule has 0 saturated carbocycles. The summed E-state index contributed by atoms with van der Waals surface area (Å²) in [4.78, 5) is 24.9. The highest BCUT2D eigenvalue weighted by atomic mass is 79.9. The summed E-state index contributed by atoms with van der Waals surface area (Å²) in [5, 5.41) is 9.24. The molecule has 0 aliphatic carbocycles. The van der Waals surface area contributed by atoms with E-state index in [0.29, 0.717) is 21.6 Å². The number of hydrogen-bond donors (Lipinski definition) is 1. The number of carbonyl (C=O) groups is 2. The fourth-order valence-electron chi connectivity index (χ4n) is 2.34. The number of rotatable bonds is 3. The minimum atomic E-state index is -0.884. The van der Waals surface area contributed by atoms with Gasteiger partial charge in [0.1, 0.15) is 0 Å². The van der Waals surface area contributed by atoms with E-state index in [0.717, 1.165) is 12.8 Å². The lowest BCUT2D eigenvalue weighted by molar-refractivity contribution is -0.137. The van der Waals surface area contributed by atoms with E-state index < -0.39 is 5.97 Å². The van der Waals surface area contributed by atoms with Gasteiger partial charge in [0.15, 0.2) is 0 Å². The highest BCUT2D eigenvalue weighted by molar-refractivity contribution is 9.10. The molecule has 1 saturated heterocycles. The first-order valence-corrected chi connectivity index (χ1v) is 7.14. The minimum Gasteiger partial charge on any atom is -0.481 e. The Morgan fingerprint density at radius 2 is 2.21 bits per heavy atom. The Hall–Kier alpha value is -1.07. The van der Waals surface area contributed by atoms with Gasteiger partial charge in [-0.2, -0.15) is 0 Å². The molecule has 6 heteroatoms. The number of likely N-dealkylation sites (tertiary alicyclic amines) is 1. The van der Waals surface area contributed by atoms with Crippen LogP contribution in [0.25, 0.3) is 0 Å². The largest absolute Gasteiger partial charge is 0.481 e. The summed E-state index contributed by atoms with van der Waals surface area (Å²) in [6, 6.07) is 4.93. The van der Waals surface area contributed by atoms with Crippen LogP contribution in [0.5, 0.6) is 0 Å². The van der Waals surface area contributed by atoms with Crippen molar-refractivity contribution in [2.24, 2.45) is 0 Å². The molecule has 1 atom stereocenters. The summed E-state index contributed by atoms with van der Waals surface area (Å²) in [5.41, 5.74) is 0.410. The number of carboxylic acids is 1. The molecule has 1 N–H and O–H groups in total. The quantitative estimate of drug-likeness (QED) is 0.914. The van der Waals surface area contributed by atoms with Crippen LogP contribution in [-0.4, -0.2) is 34.5 Å². The number of amides is 1. The van der Waals surface area contributed by atoms with E-state index in [4.69, 9.17) is 16.7 Å². The summed E-state index contributed by atoms with van der Waals surface area (Å²) in [7, 11) is 0. The zero-order valence-electron chi connectivity index (χ0n) is 10.1. The van der Waals surface area contributed by atoms with Gasteiger partial charge in [-0.1, -0.05) is 17.7 Å². The first kappa shape index (κ1) is 14.3. The summed E-state index contributed by atoms with van der Waals surface area (Å²) >= 11 is 9.39. The monoisotopic (exact) mass is 345 g/mol. The van der Waals surface area contributed by atoms with Crippen molar-refractivity contribution in [3.8, 4) is 0 Å². The lowest BCUT2D eigenvalue weighted by Crippen LogP contribution is -2.37. The minimum absolute atomic E-state index is 0.0165. The summed E-state index contributed by atoms with van der Waals surface area (Å²) in [6.07, 6.45) is 1.54. The SMILES string of the molecule is O=C(O)CC1CCCN1C(=O)c1cccc(Br)c1Cl. The van der Waals surface area contributed by atoms with Gasteiger partial charge in [0.2, 0.25) is 0 Å². The molecule has 1 heterocycles. The molecule has 1 unspecified atom stereocenters. The van der Waals surface area contributed by atoms with Crippen LogP contribution in [-0.2, 0) is 4.79 Å². The van der Waals surface area contributed by atoms with Crippen LogP contribution in [0.15, 0.2) is 22.7 Å². The topological polar surface area (TPSA) is 57.6 Å². The Bertz CT molecular complexity index is 521. The van der Waals surface area contributed by atoms with Crippen molar-refractivity contribution in [3.63, 3.8) is 0 Å². The number of nitrogens with zero attached hydrogens (tertiary/aromatic N) is 1. The van der Waals surface area contributed by atoms with E-state index in [1.165, 1.54) is 0 Å².